The number of pyridine rings is 2. The van der Waals surface area contributed by atoms with E-state index >= 15 is 0 Å². The molecule has 9 nitrogen and oxygen atoms in total. The van der Waals surface area contributed by atoms with Gasteiger partial charge in [-0.2, -0.15) is 0 Å². The number of nitrogens with zero attached hydrogens (tertiary/aromatic N) is 4. The molecule has 1 aliphatic rings. The van der Waals surface area contributed by atoms with Gasteiger partial charge in [-0.3, -0.25) is 19.5 Å². The molecule has 0 spiro atoms. The summed E-state index contributed by atoms with van der Waals surface area (Å²) >= 11 is 0. The van der Waals surface area contributed by atoms with Crippen molar-refractivity contribution >= 4 is 29.2 Å². The molecular formula is C30H33ClN4O5. The van der Waals surface area contributed by atoms with E-state index in [9.17, 15) is 9.59 Å². The highest BCUT2D eigenvalue weighted by molar-refractivity contribution is 5.94. The van der Waals surface area contributed by atoms with E-state index in [4.69, 9.17) is 14.2 Å². The summed E-state index contributed by atoms with van der Waals surface area (Å²) in [5.74, 6) is 1.98. The highest BCUT2D eigenvalue weighted by atomic mass is 35.5. The molecule has 2 aromatic carbocycles. The third-order valence-corrected chi connectivity index (χ3v) is 6.86. The number of hydrogen-bond donors (Lipinski definition) is 0. The van der Waals surface area contributed by atoms with Crippen molar-refractivity contribution in [2.24, 2.45) is 7.05 Å². The van der Waals surface area contributed by atoms with Crippen molar-refractivity contribution in [1.82, 2.24) is 19.4 Å². The Bertz CT molecular complexity index is 1510. The molecule has 0 saturated heterocycles. The Hall–Kier alpha value is -4.08. The fraction of sp³-hybridized carbons (Fsp3) is 0.300. The lowest BCUT2D eigenvalue weighted by atomic mass is 10.1. The zero-order chi connectivity index (χ0) is 27.2. The summed E-state index contributed by atoms with van der Waals surface area (Å²) in [6.45, 7) is 3.56. The van der Waals surface area contributed by atoms with Gasteiger partial charge in [0.15, 0.2) is 11.5 Å². The Morgan fingerprint density at radius 3 is 2.60 bits per heavy atom. The van der Waals surface area contributed by atoms with Crippen molar-refractivity contribution in [3.05, 3.63) is 94.5 Å². The largest absolute Gasteiger partial charge is 0.494 e. The standard InChI is InChI=1S/C30H32N4O5.ClH/c1-32(30(36)24-4-8-27-28(19-24)39-21-38-27)15-16-34(20-22-10-12-31-13-11-22)14-3-17-37-25-6-7-26-23(18-25)5-9-29(35)33(26)2;/h4-13,18-19H,3,14-17,20-21H2,1-2H3;1H. The van der Waals surface area contributed by atoms with Gasteiger partial charge in [0.2, 0.25) is 6.79 Å². The predicted octanol–water partition coefficient (Wildman–Crippen LogP) is 4.13. The SMILES string of the molecule is CN(CCN(CCCOc1ccc2c(ccc(=O)n2C)c1)Cc1ccncc1)C(=O)c1ccc2c(c1)OCO2.Cl. The third kappa shape index (κ3) is 6.91. The molecule has 0 atom stereocenters. The zero-order valence-electron chi connectivity index (χ0n) is 22.6. The molecule has 1 aliphatic heterocycles. The molecular weight excluding hydrogens is 532 g/mol. The van der Waals surface area contributed by atoms with E-state index in [1.54, 1.807) is 53.2 Å². The molecule has 5 rings (SSSR count). The van der Waals surface area contributed by atoms with Crippen molar-refractivity contribution in [1.29, 1.82) is 0 Å². The van der Waals surface area contributed by atoms with Crippen LogP contribution in [0, 0.1) is 0 Å². The average molecular weight is 565 g/mol. The minimum absolute atomic E-state index is 0. The van der Waals surface area contributed by atoms with E-state index in [0.717, 1.165) is 41.7 Å². The number of likely N-dealkylation sites (N-methyl/N-ethyl adjacent to an activating group) is 1. The van der Waals surface area contributed by atoms with E-state index in [0.29, 0.717) is 36.8 Å². The summed E-state index contributed by atoms with van der Waals surface area (Å²) in [7, 11) is 3.58. The van der Waals surface area contributed by atoms with Gasteiger partial charge < -0.3 is 23.7 Å². The number of carbonyl (C=O) groups is 1. The van der Waals surface area contributed by atoms with E-state index in [-0.39, 0.29) is 30.7 Å². The Morgan fingerprint density at radius 1 is 0.975 bits per heavy atom. The lowest BCUT2D eigenvalue weighted by Gasteiger charge is -2.26. The van der Waals surface area contributed by atoms with Gasteiger partial charge >= 0.3 is 0 Å². The minimum Gasteiger partial charge on any atom is -0.494 e. The monoisotopic (exact) mass is 564 g/mol. The molecule has 210 valence electrons. The molecule has 40 heavy (non-hydrogen) atoms. The van der Waals surface area contributed by atoms with Crippen LogP contribution in [0.15, 0.2) is 77.9 Å². The first-order chi connectivity index (χ1) is 19.0. The second-order valence-corrected chi connectivity index (χ2v) is 9.58. The van der Waals surface area contributed by atoms with Crippen LogP contribution in [0.4, 0.5) is 0 Å². The van der Waals surface area contributed by atoms with Crippen molar-refractivity contribution in [3.63, 3.8) is 0 Å². The van der Waals surface area contributed by atoms with Gasteiger partial charge in [0.25, 0.3) is 11.5 Å². The Balaban J connectivity index is 0.00000370. The maximum atomic E-state index is 13.0. The highest BCUT2D eigenvalue weighted by Gasteiger charge is 2.19. The number of amides is 1. The molecule has 0 bridgehead atoms. The quantitative estimate of drug-likeness (QED) is 0.253. The maximum Gasteiger partial charge on any atom is 0.253 e. The van der Waals surface area contributed by atoms with E-state index in [2.05, 4.69) is 9.88 Å². The first kappa shape index (κ1) is 28.9. The van der Waals surface area contributed by atoms with Crippen LogP contribution < -0.4 is 19.8 Å². The molecule has 0 radical (unpaired) electrons. The molecule has 0 aliphatic carbocycles. The van der Waals surface area contributed by atoms with Crippen molar-refractivity contribution in [3.8, 4) is 17.2 Å². The summed E-state index contributed by atoms with van der Waals surface area (Å²) in [6.07, 6.45) is 4.40. The molecule has 0 unspecified atom stereocenters. The predicted molar refractivity (Wildman–Crippen MR) is 156 cm³/mol. The number of ether oxygens (including phenoxy) is 3. The van der Waals surface area contributed by atoms with Crippen LogP contribution in [0.2, 0.25) is 0 Å². The van der Waals surface area contributed by atoms with Crippen LogP contribution in [-0.2, 0) is 13.6 Å². The van der Waals surface area contributed by atoms with E-state index < -0.39 is 0 Å². The van der Waals surface area contributed by atoms with Crippen molar-refractivity contribution in [2.45, 2.75) is 13.0 Å². The maximum absolute atomic E-state index is 13.0. The first-order valence-corrected chi connectivity index (χ1v) is 13.0. The van der Waals surface area contributed by atoms with Gasteiger partial charge in [-0.05, 0) is 66.6 Å². The smallest absolute Gasteiger partial charge is 0.253 e. The molecule has 10 heteroatoms. The van der Waals surface area contributed by atoms with Crippen molar-refractivity contribution in [2.75, 3.05) is 40.1 Å². The fourth-order valence-electron chi connectivity index (χ4n) is 4.59. The van der Waals surface area contributed by atoms with Gasteiger partial charge in [-0.25, -0.2) is 0 Å². The molecule has 1 amide bonds. The molecule has 2 aromatic heterocycles. The van der Waals surface area contributed by atoms with Crippen molar-refractivity contribution < 1.29 is 19.0 Å². The van der Waals surface area contributed by atoms with Crippen LogP contribution in [-0.4, -0.2) is 65.3 Å². The number of fused-ring (bicyclic) bond motifs is 2. The molecule has 0 N–H and O–H groups in total. The highest BCUT2D eigenvalue weighted by Crippen LogP contribution is 2.32. The van der Waals surface area contributed by atoms with E-state index in [1.165, 1.54) is 0 Å². The lowest BCUT2D eigenvalue weighted by Crippen LogP contribution is -2.37. The molecule has 0 saturated carbocycles. The number of halogens is 1. The number of rotatable bonds is 11. The Kier molecular flexibility index (Phi) is 9.63. The second kappa shape index (κ2) is 13.3. The lowest BCUT2D eigenvalue weighted by molar-refractivity contribution is 0.0774. The summed E-state index contributed by atoms with van der Waals surface area (Å²) in [5.41, 5.74) is 2.58. The van der Waals surface area contributed by atoms with Gasteiger partial charge in [-0.15, -0.1) is 12.4 Å². The van der Waals surface area contributed by atoms with Gasteiger partial charge in [0.1, 0.15) is 5.75 Å². The van der Waals surface area contributed by atoms with Crippen LogP contribution in [0.3, 0.4) is 0 Å². The van der Waals surface area contributed by atoms with E-state index in [1.807, 2.05) is 43.4 Å². The molecule has 4 aromatic rings. The molecule has 0 fully saturated rings. The first-order valence-electron chi connectivity index (χ1n) is 13.0. The van der Waals surface area contributed by atoms with Crippen LogP contribution >= 0.6 is 12.4 Å². The normalized spacial score (nSPS) is 11.9. The summed E-state index contributed by atoms with van der Waals surface area (Å²) in [6, 6.07) is 18.4. The third-order valence-electron chi connectivity index (χ3n) is 6.86. The van der Waals surface area contributed by atoms with Crippen LogP contribution in [0.5, 0.6) is 17.2 Å². The number of hydrogen-bond acceptors (Lipinski definition) is 7. The Labute approximate surface area is 239 Å². The minimum atomic E-state index is -0.0608. The van der Waals surface area contributed by atoms with Gasteiger partial charge in [0, 0.05) is 69.7 Å². The van der Waals surface area contributed by atoms with Gasteiger partial charge in [0.05, 0.1) is 12.1 Å². The fourth-order valence-corrected chi connectivity index (χ4v) is 4.59. The second-order valence-electron chi connectivity index (χ2n) is 9.58. The summed E-state index contributed by atoms with van der Waals surface area (Å²) in [5, 5.41) is 0.962. The topological polar surface area (TPSA) is 86.1 Å². The number of aryl methyl sites for hydroxylation is 1. The summed E-state index contributed by atoms with van der Waals surface area (Å²) in [4.78, 5) is 33.1. The van der Waals surface area contributed by atoms with Gasteiger partial charge in [-0.1, -0.05) is 0 Å². The molecule has 3 heterocycles. The zero-order valence-corrected chi connectivity index (χ0v) is 23.4. The number of carbonyl (C=O) groups excluding carboxylic acids is 1. The number of aromatic nitrogens is 2. The average Bonchev–Trinajstić information content (AvgIpc) is 3.44. The summed E-state index contributed by atoms with van der Waals surface area (Å²) < 4.78 is 18.4. The van der Waals surface area contributed by atoms with Crippen LogP contribution in [0.25, 0.3) is 10.9 Å². The Morgan fingerprint density at radius 2 is 1.77 bits per heavy atom. The number of benzene rings is 2. The van der Waals surface area contributed by atoms with Crippen LogP contribution in [0.1, 0.15) is 22.3 Å².